The third kappa shape index (κ3) is 4.19. The summed E-state index contributed by atoms with van der Waals surface area (Å²) in [5, 5.41) is 0. The molecule has 0 aromatic rings. The number of hydrogen-bond donors (Lipinski definition) is 0. The highest BCUT2D eigenvalue weighted by molar-refractivity contribution is 6.58. The van der Waals surface area contributed by atoms with E-state index in [1.54, 1.807) is 0 Å². The monoisotopic (exact) mass is 306 g/mol. The minimum absolute atomic E-state index is 0. The lowest BCUT2D eigenvalue weighted by Gasteiger charge is -2.40. The summed E-state index contributed by atoms with van der Waals surface area (Å²) in [6.07, 6.45) is 6.56. The Morgan fingerprint density at radius 2 is 1.45 bits per heavy atom. The van der Waals surface area contributed by atoms with E-state index in [0.29, 0.717) is 19.8 Å². The van der Waals surface area contributed by atoms with Crippen molar-refractivity contribution in [3.05, 3.63) is 12.4 Å². The van der Waals surface area contributed by atoms with Gasteiger partial charge in [-0.2, -0.15) is 0 Å². The molecular weight excluding hydrogens is 276 g/mol. The molecule has 0 aromatic carbocycles. The minimum atomic E-state index is -2.80. The van der Waals surface area contributed by atoms with Crippen molar-refractivity contribution in [2.24, 2.45) is 0 Å². The van der Waals surface area contributed by atoms with Crippen molar-refractivity contribution >= 4 is 8.97 Å². The maximum Gasteiger partial charge on any atom is 0.634 e. The van der Waals surface area contributed by atoms with Gasteiger partial charge in [0.05, 0.1) is 6.17 Å². The highest BCUT2D eigenvalue weighted by Gasteiger charge is 2.52. The molecule has 0 aliphatic carbocycles. The van der Waals surface area contributed by atoms with Crippen LogP contribution >= 0.6 is 0 Å². The van der Waals surface area contributed by atoms with Crippen LogP contribution in [0.3, 0.4) is 0 Å². The van der Waals surface area contributed by atoms with E-state index in [4.69, 9.17) is 13.3 Å². The molecule has 1 rings (SSSR count). The van der Waals surface area contributed by atoms with Crippen molar-refractivity contribution in [1.29, 1.82) is 0 Å². The molecule has 0 spiro atoms. The molecule has 0 radical (unpaired) electrons. The summed E-state index contributed by atoms with van der Waals surface area (Å²) in [7, 11) is -0.717. The fraction of sp³-hybridized carbons (Fsp3) is 0.846. The fourth-order valence-corrected chi connectivity index (χ4v) is 5.06. The van der Waals surface area contributed by atoms with E-state index in [1.807, 2.05) is 27.0 Å². The summed E-state index contributed by atoms with van der Waals surface area (Å²) >= 11 is 0. The largest absolute Gasteiger partial charge is 0.634 e. The maximum absolute atomic E-state index is 5.96. The van der Waals surface area contributed by atoms with E-state index in [9.17, 15) is 0 Å². The molecule has 0 fully saturated rings. The Morgan fingerprint density at radius 3 is 1.85 bits per heavy atom. The molecule has 1 atom stereocenters. The van der Waals surface area contributed by atoms with Gasteiger partial charge in [-0.25, -0.2) is 0 Å². The predicted molar refractivity (Wildman–Crippen MR) is 81.7 cm³/mol. The predicted octanol–water partition coefficient (Wildman–Crippen LogP) is 1.55. The Hall–Kier alpha value is -0.603. The van der Waals surface area contributed by atoms with Crippen LogP contribution in [0.25, 0.3) is 0 Å². The van der Waals surface area contributed by atoms with Crippen LogP contribution in [0.5, 0.6) is 0 Å². The van der Waals surface area contributed by atoms with Gasteiger partial charge in [0.2, 0.25) is 0 Å². The third-order valence-corrected chi connectivity index (χ3v) is 6.14. The molecule has 1 aliphatic heterocycles. The molecule has 1 unspecified atom stereocenters. The second kappa shape index (κ2) is 9.35. The second-order valence-corrected chi connectivity index (χ2v) is 6.89. The molecule has 7 heteroatoms. The first-order valence-electron chi connectivity index (χ1n) is 7.25. The quantitative estimate of drug-likeness (QED) is 0.605. The smallest absolute Gasteiger partial charge is 0.412 e. The van der Waals surface area contributed by atoms with Crippen LogP contribution < -0.4 is 0 Å². The number of nitrogens with zero attached hydrogens (tertiary/aromatic N) is 2. The lowest BCUT2D eigenvalue weighted by molar-refractivity contribution is 0.00884. The molecule has 6 nitrogen and oxygen atoms in total. The molecule has 0 saturated heterocycles. The summed E-state index contributed by atoms with van der Waals surface area (Å²) in [6, 6.07) is 0. The maximum atomic E-state index is 5.96. The van der Waals surface area contributed by atoms with Gasteiger partial charge in [-0.05, 0) is 27.2 Å². The van der Waals surface area contributed by atoms with Crippen LogP contribution in [-0.4, -0.2) is 56.9 Å². The molecule has 1 heterocycles. The molecule has 0 aromatic heterocycles. The van der Waals surface area contributed by atoms with Crippen molar-refractivity contribution in [2.45, 2.75) is 46.7 Å². The lowest BCUT2D eigenvalue weighted by atomic mass is 10.3. The van der Waals surface area contributed by atoms with E-state index in [2.05, 4.69) is 29.6 Å². The average molecular weight is 306 g/mol. The first kappa shape index (κ1) is 19.4. The zero-order valence-electron chi connectivity index (χ0n) is 13.4. The Bertz CT molecular complexity index is 275. The van der Waals surface area contributed by atoms with Gasteiger partial charge in [0.15, 0.2) is 0 Å². The standard InChI is InChI=1S/C13H28N2O3Si.H2O/c1-6-10-13-14(5)11-12-15(13)19(16-7-2,17-8-3)18-9-4;/h11-13H,6-10H2,1-5H3;1H2. The first-order valence-corrected chi connectivity index (χ1v) is 8.92. The summed E-state index contributed by atoms with van der Waals surface area (Å²) in [6.45, 7) is 9.93. The van der Waals surface area contributed by atoms with Crippen LogP contribution in [0.2, 0.25) is 0 Å². The van der Waals surface area contributed by atoms with E-state index >= 15 is 0 Å². The molecule has 0 bridgehead atoms. The molecular formula is C13H30N2O4Si. The average Bonchev–Trinajstić information content (AvgIpc) is 2.73. The summed E-state index contributed by atoms with van der Waals surface area (Å²) in [4.78, 5) is 2.20. The number of rotatable bonds is 9. The lowest BCUT2D eigenvalue weighted by Crippen LogP contribution is -2.62. The van der Waals surface area contributed by atoms with Crippen LogP contribution in [0.15, 0.2) is 12.4 Å². The van der Waals surface area contributed by atoms with Gasteiger partial charge in [0, 0.05) is 39.3 Å². The second-order valence-electron chi connectivity index (χ2n) is 4.46. The Balaban J connectivity index is 0.00000361. The first-order chi connectivity index (χ1) is 9.15. The molecule has 2 N–H and O–H groups in total. The van der Waals surface area contributed by atoms with Gasteiger partial charge < -0.3 is 28.2 Å². The Morgan fingerprint density at radius 1 is 0.950 bits per heavy atom. The SMILES string of the molecule is CCCC1N(C)C=CN1[Si](OCC)(OCC)OCC.O. The Labute approximate surface area is 124 Å². The van der Waals surface area contributed by atoms with Gasteiger partial charge in [0.25, 0.3) is 0 Å². The van der Waals surface area contributed by atoms with Gasteiger partial charge in [-0.15, -0.1) is 0 Å². The third-order valence-electron chi connectivity index (χ3n) is 3.10. The van der Waals surface area contributed by atoms with Crippen molar-refractivity contribution in [3.63, 3.8) is 0 Å². The molecule has 0 saturated carbocycles. The minimum Gasteiger partial charge on any atom is -0.412 e. The van der Waals surface area contributed by atoms with Crippen molar-refractivity contribution < 1.29 is 18.8 Å². The Kier molecular flexibility index (Phi) is 9.07. The molecule has 0 amide bonds. The van der Waals surface area contributed by atoms with E-state index < -0.39 is 8.97 Å². The highest BCUT2D eigenvalue weighted by atomic mass is 28.4. The van der Waals surface area contributed by atoms with Crippen LogP contribution in [-0.2, 0) is 13.3 Å². The van der Waals surface area contributed by atoms with Crippen LogP contribution in [0.4, 0.5) is 0 Å². The summed E-state index contributed by atoms with van der Waals surface area (Å²) in [5.41, 5.74) is 0. The summed E-state index contributed by atoms with van der Waals surface area (Å²) < 4.78 is 20.1. The van der Waals surface area contributed by atoms with Crippen molar-refractivity contribution in [1.82, 2.24) is 9.47 Å². The zero-order chi connectivity index (χ0) is 14.3. The zero-order valence-corrected chi connectivity index (χ0v) is 14.4. The van der Waals surface area contributed by atoms with E-state index in [-0.39, 0.29) is 11.6 Å². The summed E-state index contributed by atoms with van der Waals surface area (Å²) in [5.74, 6) is 0. The van der Waals surface area contributed by atoms with Crippen LogP contribution in [0.1, 0.15) is 40.5 Å². The van der Waals surface area contributed by atoms with Crippen molar-refractivity contribution in [2.75, 3.05) is 26.9 Å². The van der Waals surface area contributed by atoms with Gasteiger partial charge >= 0.3 is 8.97 Å². The van der Waals surface area contributed by atoms with Crippen molar-refractivity contribution in [3.8, 4) is 0 Å². The molecule has 120 valence electrons. The fourth-order valence-electron chi connectivity index (χ4n) is 2.34. The highest BCUT2D eigenvalue weighted by Crippen LogP contribution is 2.27. The molecule has 20 heavy (non-hydrogen) atoms. The van der Waals surface area contributed by atoms with E-state index in [0.717, 1.165) is 12.8 Å². The van der Waals surface area contributed by atoms with Crippen LogP contribution in [0, 0.1) is 0 Å². The van der Waals surface area contributed by atoms with Gasteiger partial charge in [-0.3, -0.25) is 0 Å². The number of hydrogen-bond acceptors (Lipinski definition) is 5. The van der Waals surface area contributed by atoms with Gasteiger partial charge in [0.1, 0.15) is 0 Å². The van der Waals surface area contributed by atoms with Gasteiger partial charge in [-0.1, -0.05) is 13.3 Å². The molecule has 1 aliphatic rings. The topological polar surface area (TPSA) is 65.7 Å². The van der Waals surface area contributed by atoms with E-state index in [1.165, 1.54) is 0 Å². The normalized spacial score (nSPS) is 18.6.